The van der Waals surface area contributed by atoms with E-state index in [1.807, 2.05) is 29.1 Å². The molecule has 6 nitrogen and oxygen atoms in total. The normalized spacial score (nSPS) is 21.3. The number of hydrogen-bond acceptors (Lipinski definition) is 4. The van der Waals surface area contributed by atoms with Gasteiger partial charge in [-0.1, -0.05) is 0 Å². The molecule has 1 aliphatic rings. The molecule has 1 heterocycles. The largest absolute Gasteiger partial charge is 0.446 e. The van der Waals surface area contributed by atoms with Crippen molar-refractivity contribution in [3.63, 3.8) is 0 Å². The number of carbonyl (C=O) groups excluding carboxylic acids is 1. The molecule has 6 heteroatoms. The van der Waals surface area contributed by atoms with Crippen LogP contribution in [0.5, 0.6) is 0 Å². The standard InChI is InChI=1S/C16H20N4O2/c17-16(21)22-15-8-4-13(5-9-15)19-12-2-6-14(7-3-12)20-11-1-10-18-20/h1-3,6-7,10-11,13,15,19H,4-5,8-9H2,(H2,17,21). The van der Waals surface area contributed by atoms with Gasteiger partial charge in [0.25, 0.3) is 0 Å². The van der Waals surface area contributed by atoms with Crippen LogP contribution < -0.4 is 11.1 Å². The summed E-state index contributed by atoms with van der Waals surface area (Å²) in [6, 6.07) is 10.5. The molecule has 3 rings (SSSR count). The third kappa shape index (κ3) is 3.58. The summed E-state index contributed by atoms with van der Waals surface area (Å²) in [4.78, 5) is 10.7. The summed E-state index contributed by atoms with van der Waals surface area (Å²) >= 11 is 0. The Balaban J connectivity index is 1.53. The van der Waals surface area contributed by atoms with Crippen LogP contribution in [0.2, 0.25) is 0 Å². The van der Waals surface area contributed by atoms with E-state index in [2.05, 4.69) is 22.5 Å². The molecule has 1 amide bonds. The number of rotatable bonds is 4. The minimum Gasteiger partial charge on any atom is -0.446 e. The molecule has 1 aromatic carbocycles. The lowest BCUT2D eigenvalue weighted by atomic mass is 9.93. The highest BCUT2D eigenvalue weighted by Gasteiger charge is 2.23. The van der Waals surface area contributed by atoms with Crippen LogP contribution in [0.1, 0.15) is 25.7 Å². The first-order valence-electron chi connectivity index (χ1n) is 7.53. The van der Waals surface area contributed by atoms with Crippen LogP contribution in [0.3, 0.4) is 0 Å². The zero-order valence-electron chi connectivity index (χ0n) is 12.3. The second-order valence-corrected chi connectivity index (χ2v) is 5.55. The van der Waals surface area contributed by atoms with Crippen LogP contribution in [-0.2, 0) is 4.74 Å². The highest BCUT2D eigenvalue weighted by molar-refractivity contribution is 5.64. The third-order valence-electron chi connectivity index (χ3n) is 3.96. The summed E-state index contributed by atoms with van der Waals surface area (Å²) in [5.74, 6) is 0. The Hall–Kier alpha value is -2.50. The molecule has 0 atom stereocenters. The van der Waals surface area contributed by atoms with E-state index in [1.165, 1.54) is 0 Å². The Labute approximate surface area is 129 Å². The number of amides is 1. The summed E-state index contributed by atoms with van der Waals surface area (Å²) in [6.07, 6.45) is 6.63. The van der Waals surface area contributed by atoms with Gasteiger partial charge in [-0.3, -0.25) is 0 Å². The smallest absolute Gasteiger partial charge is 0.404 e. The van der Waals surface area contributed by atoms with Crippen LogP contribution in [0.15, 0.2) is 42.7 Å². The van der Waals surface area contributed by atoms with E-state index < -0.39 is 6.09 Å². The first kappa shape index (κ1) is 14.4. The summed E-state index contributed by atoms with van der Waals surface area (Å²) in [5.41, 5.74) is 7.18. The van der Waals surface area contributed by atoms with Gasteiger partial charge >= 0.3 is 6.09 Å². The molecule has 0 bridgehead atoms. The molecular weight excluding hydrogens is 280 g/mol. The molecule has 0 aliphatic heterocycles. The number of hydrogen-bond donors (Lipinski definition) is 2. The predicted molar refractivity (Wildman–Crippen MR) is 83.9 cm³/mol. The maximum Gasteiger partial charge on any atom is 0.404 e. The van der Waals surface area contributed by atoms with E-state index in [4.69, 9.17) is 10.5 Å². The predicted octanol–water partition coefficient (Wildman–Crippen LogP) is 2.69. The van der Waals surface area contributed by atoms with Crippen molar-refractivity contribution in [2.75, 3.05) is 5.32 Å². The van der Waals surface area contributed by atoms with Crippen molar-refractivity contribution in [3.8, 4) is 5.69 Å². The lowest BCUT2D eigenvalue weighted by Gasteiger charge is -2.29. The third-order valence-corrected chi connectivity index (χ3v) is 3.96. The Bertz CT molecular complexity index is 602. The maximum absolute atomic E-state index is 10.7. The molecule has 0 spiro atoms. The average Bonchev–Trinajstić information content (AvgIpc) is 3.04. The van der Waals surface area contributed by atoms with Crippen molar-refractivity contribution in [2.45, 2.75) is 37.8 Å². The molecule has 1 saturated carbocycles. The zero-order valence-corrected chi connectivity index (χ0v) is 12.3. The van der Waals surface area contributed by atoms with Crippen molar-refractivity contribution >= 4 is 11.8 Å². The number of carbonyl (C=O) groups is 1. The molecular formula is C16H20N4O2. The number of nitrogens with two attached hydrogens (primary N) is 1. The molecule has 0 radical (unpaired) electrons. The van der Waals surface area contributed by atoms with Crippen molar-refractivity contribution in [1.29, 1.82) is 0 Å². The van der Waals surface area contributed by atoms with Gasteiger partial charge in [0.1, 0.15) is 6.10 Å². The van der Waals surface area contributed by atoms with Crippen LogP contribution in [-0.4, -0.2) is 28.0 Å². The molecule has 0 unspecified atom stereocenters. The second kappa shape index (κ2) is 6.51. The SMILES string of the molecule is NC(=O)OC1CCC(Nc2ccc(-n3cccn3)cc2)CC1. The van der Waals surface area contributed by atoms with E-state index in [0.717, 1.165) is 37.1 Å². The fraction of sp³-hybridized carbons (Fsp3) is 0.375. The quantitative estimate of drug-likeness (QED) is 0.909. The van der Waals surface area contributed by atoms with Crippen molar-refractivity contribution in [1.82, 2.24) is 9.78 Å². The molecule has 0 saturated heterocycles. The summed E-state index contributed by atoms with van der Waals surface area (Å²) in [5, 5.41) is 7.73. The molecule has 22 heavy (non-hydrogen) atoms. The minimum absolute atomic E-state index is 0.0299. The highest BCUT2D eigenvalue weighted by Crippen LogP contribution is 2.24. The van der Waals surface area contributed by atoms with Crippen LogP contribution in [0.25, 0.3) is 5.69 Å². The number of nitrogens with one attached hydrogen (secondary N) is 1. The molecule has 3 N–H and O–H groups in total. The van der Waals surface area contributed by atoms with E-state index in [9.17, 15) is 4.79 Å². The van der Waals surface area contributed by atoms with Gasteiger partial charge in [0.2, 0.25) is 0 Å². The number of aromatic nitrogens is 2. The number of ether oxygens (including phenoxy) is 1. The molecule has 116 valence electrons. The second-order valence-electron chi connectivity index (χ2n) is 5.55. The fourth-order valence-electron chi connectivity index (χ4n) is 2.86. The van der Waals surface area contributed by atoms with E-state index in [1.54, 1.807) is 6.20 Å². The minimum atomic E-state index is -0.675. The van der Waals surface area contributed by atoms with Crippen LogP contribution >= 0.6 is 0 Å². The van der Waals surface area contributed by atoms with Gasteiger partial charge in [-0.05, 0) is 56.0 Å². The van der Waals surface area contributed by atoms with Gasteiger partial charge in [0, 0.05) is 24.1 Å². The first-order chi connectivity index (χ1) is 10.7. The Morgan fingerprint density at radius 2 is 1.95 bits per heavy atom. The van der Waals surface area contributed by atoms with Gasteiger partial charge in [-0.2, -0.15) is 5.10 Å². The molecule has 2 aromatic rings. The molecule has 1 aliphatic carbocycles. The number of benzene rings is 1. The Morgan fingerprint density at radius 1 is 1.23 bits per heavy atom. The molecule has 1 aromatic heterocycles. The Morgan fingerprint density at radius 3 is 2.55 bits per heavy atom. The van der Waals surface area contributed by atoms with Crippen LogP contribution in [0.4, 0.5) is 10.5 Å². The van der Waals surface area contributed by atoms with Crippen molar-refractivity contribution < 1.29 is 9.53 Å². The first-order valence-corrected chi connectivity index (χ1v) is 7.53. The van der Waals surface area contributed by atoms with Crippen molar-refractivity contribution in [3.05, 3.63) is 42.7 Å². The molecule has 1 fully saturated rings. The number of nitrogens with zero attached hydrogens (tertiary/aromatic N) is 2. The van der Waals surface area contributed by atoms with Crippen LogP contribution in [0, 0.1) is 0 Å². The lowest BCUT2D eigenvalue weighted by molar-refractivity contribution is 0.0806. The monoisotopic (exact) mass is 300 g/mol. The van der Waals surface area contributed by atoms with Gasteiger partial charge in [-0.25, -0.2) is 9.48 Å². The fourth-order valence-corrected chi connectivity index (χ4v) is 2.86. The van der Waals surface area contributed by atoms with E-state index in [-0.39, 0.29) is 6.10 Å². The highest BCUT2D eigenvalue weighted by atomic mass is 16.6. The summed E-state index contributed by atoms with van der Waals surface area (Å²) in [7, 11) is 0. The maximum atomic E-state index is 10.7. The van der Waals surface area contributed by atoms with Crippen molar-refractivity contribution in [2.24, 2.45) is 5.73 Å². The van der Waals surface area contributed by atoms with Gasteiger partial charge in [0.15, 0.2) is 0 Å². The average molecular weight is 300 g/mol. The number of anilines is 1. The zero-order chi connectivity index (χ0) is 15.4. The van der Waals surface area contributed by atoms with E-state index >= 15 is 0 Å². The number of primary amides is 1. The summed E-state index contributed by atoms with van der Waals surface area (Å²) in [6.45, 7) is 0. The Kier molecular flexibility index (Phi) is 4.27. The van der Waals surface area contributed by atoms with E-state index in [0.29, 0.717) is 6.04 Å². The van der Waals surface area contributed by atoms with Gasteiger partial charge in [-0.15, -0.1) is 0 Å². The lowest BCUT2D eigenvalue weighted by Crippen LogP contribution is -2.32. The van der Waals surface area contributed by atoms with Gasteiger partial charge < -0.3 is 15.8 Å². The topological polar surface area (TPSA) is 82.2 Å². The van der Waals surface area contributed by atoms with Gasteiger partial charge in [0.05, 0.1) is 5.69 Å². The summed E-state index contributed by atoms with van der Waals surface area (Å²) < 4.78 is 6.88.